The Balaban J connectivity index is 1.73. The molecule has 3 aromatic rings. The molecule has 0 spiro atoms. The number of nitrogens with one attached hydrogen (secondary N) is 3. The van der Waals surface area contributed by atoms with Crippen LogP contribution < -0.4 is 16.0 Å². The van der Waals surface area contributed by atoms with Crippen LogP contribution in [0.3, 0.4) is 0 Å². The van der Waals surface area contributed by atoms with E-state index in [0.717, 1.165) is 5.56 Å². The Kier molecular flexibility index (Phi) is 9.84. The first-order chi connectivity index (χ1) is 19.5. The number of carbonyl (C=O) groups excluding carboxylic acids is 2. The summed E-state index contributed by atoms with van der Waals surface area (Å²) >= 11 is 6.23. The molecule has 1 saturated heterocycles. The van der Waals surface area contributed by atoms with Crippen molar-refractivity contribution in [3.05, 3.63) is 106 Å². The third-order valence-electron chi connectivity index (χ3n) is 7.57. The summed E-state index contributed by atoms with van der Waals surface area (Å²) in [5.74, 6) is -1.98. The van der Waals surface area contributed by atoms with E-state index in [-0.39, 0.29) is 39.9 Å². The molecule has 0 unspecified atom stereocenters. The van der Waals surface area contributed by atoms with Gasteiger partial charge in [0.05, 0.1) is 23.1 Å². The van der Waals surface area contributed by atoms with Gasteiger partial charge in [0.25, 0.3) is 5.91 Å². The van der Waals surface area contributed by atoms with E-state index in [2.05, 4.69) is 36.7 Å². The van der Waals surface area contributed by atoms with E-state index >= 15 is 4.39 Å². The Hall–Kier alpha value is -3.26. The van der Waals surface area contributed by atoms with E-state index < -0.39 is 29.9 Å². The minimum atomic E-state index is -0.873. The lowest BCUT2D eigenvalue weighted by molar-refractivity contribution is -0.132. The molecule has 1 aliphatic rings. The highest BCUT2D eigenvalue weighted by atomic mass is 35.5. The number of benzene rings is 3. The average molecular weight is 580 g/mol. The first-order valence-corrected chi connectivity index (χ1v) is 14.3. The molecule has 8 heteroatoms. The quantitative estimate of drug-likeness (QED) is 0.287. The van der Waals surface area contributed by atoms with Gasteiger partial charge in [0.15, 0.2) is 6.10 Å². The van der Waals surface area contributed by atoms with Gasteiger partial charge in [-0.15, -0.1) is 0 Å². The number of ether oxygens (including phenoxy) is 1. The SMILES string of the molecule is CO[C@@H](C(=O)N[C@H]1[C@@H](c2cccc(Cl)c2F)[C@H](C(=O)N[C@@H](C)c2ccccc2)N[C@H]1CC(C)(C)C)c1ccccc1. The molecular formula is C33H39ClFN3O3. The summed E-state index contributed by atoms with van der Waals surface area (Å²) in [5.41, 5.74) is 1.77. The summed E-state index contributed by atoms with van der Waals surface area (Å²) < 4.78 is 21.3. The highest BCUT2D eigenvalue weighted by molar-refractivity contribution is 6.30. The largest absolute Gasteiger partial charge is 0.367 e. The molecule has 1 fully saturated rings. The average Bonchev–Trinajstić information content (AvgIpc) is 3.27. The van der Waals surface area contributed by atoms with Crippen LogP contribution in [0.5, 0.6) is 0 Å². The number of hydrogen-bond donors (Lipinski definition) is 3. The van der Waals surface area contributed by atoms with E-state index in [1.165, 1.54) is 13.2 Å². The maximum absolute atomic E-state index is 15.7. The third kappa shape index (κ3) is 7.34. The van der Waals surface area contributed by atoms with Crippen molar-refractivity contribution in [2.45, 2.75) is 70.3 Å². The predicted octanol–water partition coefficient (Wildman–Crippen LogP) is 6.09. The zero-order valence-electron chi connectivity index (χ0n) is 24.2. The Morgan fingerprint density at radius 2 is 1.59 bits per heavy atom. The van der Waals surface area contributed by atoms with Gasteiger partial charge in [-0.05, 0) is 41.5 Å². The summed E-state index contributed by atoms with van der Waals surface area (Å²) in [5, 5.41) is 9.68. The Morgan fingerprint density at radius 1 is 0.976 bits per heavy atom. The molecule has 3 aromatic carbocycles. The highest BCUT2D eigenvalue weighted by Gasteiger charge is 2.50. The molecule has 0 radical (unpaired) electrons. The van der Waals surface area contributed by atoms with E-state index in [4.69, 9.17) is 16.3 Å². The van der Waals surface area contributed by atoms with Crippen LogP contribution in [0.2, 0.25) is 5.02 Å². The van der Waals surface area contributed by atoms with Crippen LogP contribution in [-0.4, -0.2) is 37.0 Å². The minimum absolute atomic E-state index is 0.0392. The normalized spacial score (nSPS) is 22.1. The minimum Gasteiger partial charge on any atom is -0.367 e. The van der Waals surface area contributed by atoms with Crippen molar-refractivity contribution in [2.24, 2.45) is 5.41 Å². The first kappa shape index (κ1) is 30.7. The number of rotatable bonds is 9. The second kappa shape index (κ2) is 13.1. The zero-order valence-corrected chi connectivity index (χ0v) is 24.9. The van der Waals surface area contributed by atoms with Crippen LogP contribution in [0, 0.1) is 11.2 Å². The Morgan fingerprint density at radius 3 is 2.17 bits per heavy atom. The number of carbonyl (C=O) groups is 2. The third-order valence-corrected chi connectivity index (χ3v) is 7.86. The van der Waals surface area contributed by atoms with Gasteiger partial charge in [-0.2, -0.15) is 0 Å². The van der Waals surface area contributed by atoms with Crippen LogP contribution in [0.15, 0.2) is 78.9 Å². The van der Waals surface area contributed by atoms with Gasteiger partial charge in [0.2, 0.25) is 5.91 Å². The molecule has 2 amide bonds. The summed E-state index contributed by atoms with van der Waals surface area (Å²) in [4.78, 5) is 27.6. The van der Waals surface area contributed by atoms with Crippen molar-refractivity contribution in [3.63, 3.8) is 0 Å². The monoisotopic (exact) mass is 579 g/mol. The Bertz CT molecular complexity index is 1330. The fraction of sp³-hybridized carbons (Fsp3) is 0.394. The summed E-state index contributed by atoms with van der Waals surface area (Å²) in [6.45, 7) is 8.19. The molecule has 6 atom stereocenters. The zero-order chi connectivity index (χ0) is 29.7. The Labute approximate surface area is 247 Å². The summed E-state index contributed by atoms with van der Waals surface area (Å²) in [6.07, 6.45) is -0.250. The van der Waals surface area contributed by atoms with Crippen LogP contribution in [0.1, 0.15) is 68.9 Å². The van der Waals surface area contributed by atoms with Crippen molar-refractivity contribution in [1.29, 1.82) is 0 Å². The second-order valence-electron chi connectivity index (χ2n) is 11.9. The van der Waals surface area contributed by atoms with Crippen molar-refractivity contribution < 1.29 is 18.7 Å². The summed E-state index contributed by atoms with van der Waals surface area (Å²) in [7, 11) is 1.48. The van der Waals surface area contributed by atoms with Crippen LogP contribution in [0.4, 0.5) is 4.39 Å². The van der Waals surface area contributed by atoms with Crippen molar-refractivity contribution in [1.82, 2.24) is 16.0 Å². The fourth-order valence-corrected chi connectivity index (χ4v) is 5.89. The van der Waals surface area contributed by atoms with Gasteiger partial charge < -0.3 is 20.7 Å². The van der Waals surface area contributed by atoms with Crippen molar-refractivity contribution in [3.8, 4) is 0 Å². The van der Waals surface area contributed by atoms with E-state index in [0.29, 0.717) is 12.0 Å². The smallest absolute Gasteiger partial charge is 0.254 e. The van der Waals surface area contributed by atoms with Crippen molar-refractivity contribution in [2.75, 3.05) is 7.11 Å². The predicted molar refractivity (Wildman–Crippen MR) is 160 cm³/mol. The van der Waals surface area contributed by atoms with Crippen LogP contribution in [-0.2, 0) is 14.3 Å². The van der Waals surface area contributed by atoms with E-state index in [1.807, 2.05) is 67.6 Å². The van der Waals surface area contributed by atoms with Gasteiger partial charge in [-0.3, -0.25) is 9.59 Å². The van der Waals surface area contributed by atoms with Crippen molar-refractivity contribution >= 4 is 23.4 Å². The molecule has 0 saturated carbocycles. The summed E-state index contributed by atoms with van der Waals surface area (Å²) in [6, 6.07) is 21.5. The molecule has 0 aliphatic carbocycles. The van der Waals surface area contributed by atoms with Gasteiger partial charge in [-0.1, -0.05) is 105 Å². The van der Waals surface area contributed by atoms with E-state index in [9.17, 15) is 9.59 Å². The molecule has 0 bridgehead atoms. The second-order valence-corrected chi connectivity index (χ2v) is 12.3. The lowest BCUT2D eigenvalue weighted by Gasteiger charge is -2.31. The lowest BCUT2D eigenvalue weighted by atomic mass is 9.81. The topological polar surface area (TPSA) is 79.5 Å². The maximum Gasteiger partial charge on any atom is 0.254 e. The number of halogens is 2. The molecule has 1 aliphatic heterocycles. The van der Waals surface area contributed by atoms with Gasteiger partial charge in [0.1, 0.15) is 5.82 Å². The highest BCUT2D eigenvalue weighted by Crippen LogP contribution is 2.39. The molecule has 218 valence electrons. The van der Waals surface area contributed by atoms with Gasteiger partial charge in [0, 0.05) is 19.1 Å². The molecule has 1 heterocycles. The maximum atomic E-state index is 15.7. The molecule has 4 rings (SSSR count). The van der Waals surface area contributed by atoms with Crippen LogP contribution in [0.25, 0.3) is 0 Å². The molecule has 3 N–H and O–H groups in total. The fourth-order valence-electron chi connectivity index (χ4n) is 5.71. The molecular weight excluding hydrogens is 541 g/mol. The molecule has 6 nitrogen and oxygen atoms in total. The van der Waals surface area contributed by atoms with Gasteiger partial charge in [-0.25, -0.2) is 4.39 Å². The molecule has 0 aromatic heterocycles. The lowest BCUT2D eigenvalue weighted by Crippen LogP contribution is -2.48. The first-order valence-electron chi connectivity index (χ1n) is 13.9. The van der Waals surface area contributed by atoms with E-state index in [1.54, 1.807) is 12.1 Å². The van der Waals surface area contributed by atoms with Gasteiger partial charge >= 0.3 is 0 Å². The van der Waals surface area contributed by atoms with Crippen LogP contribution >= 0.6 is 11.6 Å². The number of amides is 2. The standard InChI is InChI=1S/C33H39ClFN3O3/c1-20(21-13-8-6-9-14-21)36-31(39)29-26(23-17-12-18-24(34)27(23)35)28(25(37-29)19-33(2,3)4)38-32(40)30(41-5)22-15-10-7-11-16-22/h6-18,20,25-26,28-30,37H,19H2,1-5H3,(H,36,39)(H,38,40)/t20-,25-,26+,28+,29+,30+/m0/s1. The molecule has 41 heavy (non-hydrogen) atoms. The number of hydrogen-bond acceptors (Lipinski definition) is 4. The number of methoxy groups -OCH3 is 1.